The van der Waals surface area contributed by atoms with Gasteiger partial charge in [0.25, 0.3) is 5.91 Å². The maximum Gasteiger partial charge on any atom is 0.273 e. The Morgan fingerprint density at radius 3 is 2.48 bits per heavy atom. The van der Waals surface area contributed by atoms with E-state index in [0.29, 0.717) is 12.1 Å². The maximum atomic E-state index is 12.7. The SMILES string of the molecule is CN(C)C(=O)C(Cc1ccccc1)NC(=O)c1n[nH]c2ccccc12. The van der Waals surface area contributed by atoms with Gasteiger partial charge in [0.2, 0.25) is 5.91 Å². The molecule has 1 unspecified atom stereocenters. The lowest BCUT2D eigenvalue weighted by molar-refractivity contribution is -0.130. The van der Waals surface area contributed by atoms with E-state index in [2.05, 4.69) is 15.5 Å². The Balaban J connectivity index is 1.84. The van der Waals surface area contributed by atoms with Gasteiger partial charge in [-0.2, -0.15) is 5.10 Å². The molecule has 0 radical (unpaired) electrons. The number of nitrogens with zero attached hydrogens (tertiary/aromatic N) is 2. The summed E-state index contributed by atoms with van der Waals surface area (Å²) >= 11 is 0. The second-order valence-electron chi connectivity index (χ2n) is 6.07. The molecule has 3 rings (SSSR count). The smallest absolute Gasteiger partial charge is 0.273 e. The van der Waals surface area contributed by atoms with E-state index in [0.717, 1.165) is 16.5 Å². The van der Waals surface area contributed by atoms with Gasteiger partial charge < -0.3 is 10.2 Å². The van der Waals surface area contributed by atoms with Crippen molar-refractivity contribution in [3.63, 3.8) is 0 Å². The first-order valence-electron chi connectivity index (χ1n) is 8.05. The molecule has 2 aromatic carbocycles. The van der Waals surface area contributed by atoms with E-state index in [1.54, 1.807) is 14.1 Å². The average molecular weight is 336 g/mol. The van der Waals surface area contributed by atoms with Crippen LogP contribution in [0.15, 0.2) is 54.6 Å². The van der Waals surface area contributed by atoms with Gasteiger partial charge in [-0.1, -0.05) is 48.5 Å². The Hall–Kier alpha value is -3.15. The molecule has 6 heteroatoms. The van der Waals surface area contributed by atoms with Crippen molar-refractivity contribution >= 4 is 22.7 Å². The van der Waals surface area contributed by atoms with E-state index < -0.39 is 6.04 Å². The molecule has 0 aliphatic heterocycles. The van der Waals surface area contributed by atoms with E-state index in [9.17, 15) is 9.59 Å². The molecule has 0 fully saturated rings. The van der Waals surface area contributed by atoms with Crippen molar-refractivity contribution in [2.75, 3.05) is 14.1 Å². The summed E-state index contributed by atoms with van der Waals surface area (Å²) in [6.45, 7) is 0. The van der Waals surface area contributed by atoms with Crippen LogP contribution in [-0.2, 0) is 11.2 Å². The van der Waals surface area contributed by atoms with Gasteiger partial charge in [-0.05, 0) is 11.6 Å². The van der Waals surface area contributed by atoms with Crippen LogP contribution in [0.4, 0.5) is 0 Å². The number of fused-ring (bicyclic) bond motifs is 1. The van der Waals surface area contributed by atoms with Crippen LogP contribution in [0.2, 0.25) is 0 Å². The first kappa shape index (κ1) is 16.7. The monoisotopic (exact) mass is 336 g/mol. The number of amides is 2. The lowest BCUT2D eigenvalue weighted by atomic mass is 10.0. The number of rotatable bonds is 5. The van der Waals surface area contributed by atoms with E-state index in [1.807, 2.05) is 54.6 Å². The highest BCUT2D eigenvalue weighted by atomic mass is 16.2. The fourth-order valence-electron chi connectivity index (χ4n) is 2.72. The van der Waals surface area contributed by atoms with Crippen LogP contribution in [0.1, 0.15) is 16.1 Å². The Labute approximate surface area is 145 Å². The number of aromatic nitrogens is 2. The highest BCUT2D eigenvalue weighted by molar-refractivity contribution is 6.06. The highest BCUT2D eigenvalue weighted by Crippen LogP contribution is 2.15. The van der Waals surface area contributed by atoms with Crippen molar-refractivity contribution in [2.45, 2.75) is 12.5 Å². The molecule has 25 heavy (non-hydrogen) atoms. The maximum absolute atomic E-state index is 12.7. The second-order valence-corrected chi connectivity index (χ2v) is 6.07. The zero-order valence-corrected chi connectivity index (χ0v) is 14.2. The lowest BCUT2D eigenvalue weighted by Gasteiger charge is -2.21. The third-order valence-corrected chi connectivity index (χ3v) is 4.01. The first-order valence-corrected chi connectivity index (χ1v) is 8.05. The quantitative estimate of drug-likeness (QED) is 0.748. The first-order chi connectivity index (χ1) is 12.1. The predicted molar refractivity (Wildman–Crippen MR) is 96.2 cm³/mol. The molecule has 0 saturated heterocycles. The number of aromatic amines is 1. The highest BCUT2D eigenvalue weighted by Gasteiger charge is 2.25. The van der Waals surface area contributed by atoms with Crippen LogP contribution in [0.5, 0.6) is 0 Å². The zero-order chi connectivity index (χ0) is 17.8. The van der Waals surface area contributed by atoms with Gasteiger partial charge in [-0.15, -0.1) is 0 Å². The number of carbonyl (C=O) groups is 2. The van der Waals surface area contributed by atoms with Crippen LogP contribution in [0.25, 0.3) is 10.9 Å². The Morgan fingerprint density at radius 2 is 1.76 bits per heavy atom. The van der Waals surface area contributed by atoms with Crippen molar-refractivity contribution in [2.24, 2.45) is 0 Å². The minimum absolute atomic E-state index is 0.156. The summed E-state index contributed by atoms with van der Waals surface area (Å²) in [6.07, 6.45) is 0.423. The number of likely N-dealkylation sites (N-methyl/N-ethyl adjacent to an activating group) is 1. The Morgan fingerprint density at radius 1 is 1.08 bits per heavy atom. The molecule has 1 atom stereocenters. The van der Waals surface area contributed by atoms with E-state index in [4.69, 9.17) is 0 Å². The van der Waals surface area contributed by atoms with E-state index in [-0.39, 0.29) is 11.8 Å². The molecule has 0 spiro atoms. The summed E-state index contributed by atoms with van der Waals surface area (Å²) in [5, 5.41) is 10.5. The molecular formula is C19H20N4O2. The number of hydrogen-bond acceptors (Lipinski definition) is 3. The topological polar surface area (TPSA) is 78.1 Å². The summed E-state index contributed by atoms with van der Waals surface area (Å²) in [5.74, 6) is -0.523. The summed E-state index contributed by atoms with van der Waals surface area (Å²) in [5.41, 5.74) is 2.06. The fraction of sp³-hybridized carbons (Fsp3) is 0.211. The molecular weight excluding hydrogens is 316 g/mol. The molecule has 1 heterocycles. The molecule has 2 N–H and O–H groups in total. The normalized spacial score (nSPS) is 11.9. The van der Waals surface area contributed by atoms with Gasteiger partial charge in [0.1, 0.15) is 6.04 Å². The van der Waals surface area contributed by atoms with E-state index >= 15 is 0 Å². The number of para-hydroxylation sites is 1. The largest absolute Gasteiger partial charge is 0.347 e. The number of carbonyl (C=O) groups excluding carboxylic acids is 2. The molecule has 0 aliphatic carbocycles. The standard InChI is InChI=1S/C19H20N4O2/c1-23(2)19(25)16(12-13-8-4-3-5-9-13)20-18(24)17-14-10-6-7-11-15(14)21-22-17/h3-11,16H,12H2,1-2H3,(H,20,24)(H,21,22). The molecule has 2 amide bonds. The number of nitrogens with one attached hydrogen (secondary N) is 2. The van der Waals surface area contributed by atoms with Gasteiger partial charge in [-0.3, -0.25) is 14.7 Å². The van der Waals surface area contributed by atoms with Crippen LogP contribution in [0.3, 0.4) is 0 Å². The number of benzene rings is 2. The average Bonchev–Trinajstić information content (AvgIpc) is 3.05. The third kappa shape index (κ3) is 3.68. The second kappa shape index (κ2) is 7.17. The number of hydrogen-bond donors (Lipinski definition) is 2. The summed E-state index contributed by atoms with van der Waals surface area (Å²) in [4.78, 5) is 26.7. The zero-order valence-electron chi connectivity index (χ0n) is 14.2. The fourth-order valence-corrected chi connectivity index (χ4v) is 2.72. The minimum atomic E-state index is -0.652. The third-order valence-electron chi connectivity index (χ3n) is 4.01. The van der Waals surface area contributed by atoms with Crippen LogP contribution < -0.4 is 5.32 Å². The van der Waals surface area contributed by atoms with Crippen molar-refractivity contribution in [3.05, 3.63) is 65.9 Å². The number of H-pyrrole nitrogens is 1. The summed E-state index contributed by atoms with van der Waals surface area (Å²) in [6, 6.07) is 16.4. The van der Waals surface area contributed by atoms with Crippen molar-refractivity contribution in [1.82, 2.24) is 20.4 Å². The van der Waals surface area contributed by atoms with Gasteiger partial charge in [0.15, 0.2) is 5.69 Å². The van der Waals surface area contributed by atoms with Crippen molar-refractivity contribution in [3.8, 4) is 0 Å². The molecule has 1 aromatic heterocycles. The van der Waals surface area contributed by atoms with Gasteiger partial charge in [0, 0.05) is 25.9 Å². The van der Waals surface area contributed by atoms with Crippen LogP contribution in [0, 0.1) is 0 Å². The molecule has 6 nitrogen and oxygen atoms in total. The molecule has 0 saturated carbocycles. The Bertz CT molecular complexity index is 887. The lowest BCUT2D eigenvalue weighted by Crippen LogP contribution is -2.47. The van der Waals surface area contributed by atoms with Crippen LogP contribution in [-0.4, -0.2) is 47.0 Å². The van der Waals surface area contributed by atoms with Gasteiger partial charge in [-0.25, -0.2) is 0 Å². The summed E-state index contributed by atoms with van der Waals surface area (Å²) in [7, 11) is 3.35. The summed E-state index contributed by atoms with van der Waals surface area (Å²) < 4.78 is 0. The van der Waals surface area contributed by atoms with Crippen LogP contribution >= 0.6 is 0 Å². The van der Waals surface area contributed by atoms with Gasteiger partial charge in [0.05, 0.1) is 5.52 Å². The minimum Gasteiger partial charge on any atom is -0.347 e. The molecule has 128 valence electrons. The molecule has 0 aliphatic rings. The van der Waals surface area contributed by atoms with Crippen molar-refractivity contribution in [1.29, 1.82) is 0 Å². The predicted octanol–water partition coefficient (Wildman–Crippen LogP) is 1.99. The molecule has 3 aromatic rings. The molecule has 0 bridgehead atoms. The van der Waals surface area contributed by atoms with Crippen molar-refractivity contribution < 1.29 is 9.59 Å². The van der Waals surface area contributed by atoms with Gasteiger partial charge >= 0.3 is 0 Å². The Kier molecular flexibility index (Phi) is 4.79. The van der Waals surface area contributed by atoms with E-state index in [1.165, 1.54) is 4.90 Å².